The fourth-order valence-corrected chi connectivity index (χ4v) is 2.78. The molecular formula is C22H18N4O8. The second-order valence-electron chi connectivity index (χ2n) is 6.70. The highest BCUT2D eigenvalue weighted by molar-refractivity contribution is 5.94. The molecule has 0 aromatic heterocycles. The van der Waals surface area contributed by atoms with Gasteiger partial charge in [0.25, 0.3) is 11.8 Å². The van der Waals surface area contributed by atoms with E-state index in [-0.39, 0.29) is 22.9 Å². The smallest absolute Gasteiger partial charge is 0.310 e. The third kappa shape index (κ3) is 6.50. The van der Waals surface area contributed by atoms with Crippen molar-refractivity contribution in [1.82, 2.24) is 0 Å². The van der Waals surface area contributed by atoms with Crippen LogP contribution in [0, 0.1) is 20.2 Å². The summed E-state index contributed by atoms with van der Waals surface area (Å²) >= 11 is 0. The molecule has 2 amide bonds. The van der Waals surface area contributed by atoms with Crippen LogP contribution in [-0.2, 0) is 9.59 Å². The molecule has 0 fully saturated rings. The number of carbonyl (C=O) groups excluding carboxylic acids is 2. The average Bonchev–Trinajstić information content (AvgIpc) is 2.83. The predicted molar refractivity (Wildman–Crippen MR) is 121 cm³/mol. The molecule has 0 aliphatic rings. The van der Waals surface area contributed by atoms with Gasteiger partial charge in [-0.15, -0.1) is 0 Å². The van der Waals surface area contributed by atoms with Crippen molar-refractivity contribution in [3.05, 3.63) is 93.0 Å². The van der Waals surface area contributed by atoms with Crippen molar-refractivity contribution >= 4 is 34.6 Å². The molecule has 0 spiro atoms. The van der Waals surface area contributed by atoms with E-state index >= 15 is 0 Å². The lowest BCUT2D eigenvalue weighted by Crippen LogP contribution is -2.21. The number of hydrogen-bond donors (Lipinski definition) is 2. The molecule has 0 saturated carbocycles. The van der Waals surface area contributed by atoms with E-state index in [0.29, 0.717) is 11.4 Å². The van der Waals surface area contributed by atoms with Gasteiger partial charge in [0.1, 0.15) is 0 Å². The highest BCUT2D eigenvalue weighted by Gasteiger charge is 2.16. The van der Waals surface area contributed by atoms with Crippen LogP contribution in [0.1, 0.15) is 0 Å². The van der Waals surface area contributed by atoms with Gasteiger partial charge in [0.05, 0.1) is 9.85 Å². The lowest BCUT2D eigenvalue weighted by molar-refractivity contribution is -0.386. The standard InChI is InChI=1S/C22H18N4O8/c27-21(13-33-19-7-3-1-5-17(19)25(29)30)23-15-9-11-16(12-10-15)24-22(28)14-34-20-8-4-2-6-18(20)26(31)32/h1-12H,13-14H2,(H,23,27)(H,24,28). The molecule has 34 heavy (non-hydrogen) atoms. The van der Waals surface area contributed by atoms with Gasteiger partial charge in [0.15, 0.2) is 24.7 Å². The number of hydrogen-bond acceptors (Lipinski definition) is 8. The summed E-state index contributed by atoms with van der Waals surface area (Å²) in [4.78, 5) is 44.9. The Hall–Kier alpha value is -5.00. The van der Waals surface area contributed by atoms with E-state index < -0.39 is 34.9 Å². The summed E-state index contributed by atoms with van der Waals surface area (Å²) in [5.74, 6) is -1.12. The fraction of sp³-hybridized carbons (Fsp3) is 0.0909. The van der Waals surface area contributed by atoms with Crippen molar-refractivity contribution in [2.75, 3.05) is 23.8 Å². The van der Waals surface area contributed by atoms with Crippen molar-refractivity contribution in [2.24, 2.45) is 0 Å². The Labute approximate surface area is 192 Å². The van der Waals surface area contributed by atoms with Gasteiger partial charge < -0.3 is 20.1 Å². The first-order chi connectivity index (χ1) is 16.3. The predicted octanol–water partition coefficient (Wildman–Crippen LogP) is 3.54. The second kappa shape index (κ2) is 11.0. The minimum absolute atomic E-state index is 0.0243. The van der Waals surface area contributed by atoms with Gasteiger partial charge in [0, 0.05) is 23.5 Å². The molecule has 12 heteroatoms. The Morgan fingerprint density at radius 1 is 0.647 bits per heavy atom. The van der Waals surface area contributed by atoms with Crippen molar-refractivity contribution < 1.29 is 28.9 Å². The first-order valence-corrected chi connectivity index (χ1v) is 9.75. The maximum atomic E-state index is 12.1. The number of ether oxygens (including phenoxy) is 2. The molecule has 0 saturated heterocycles. The minimum Gasteiger partial charge on any atom is -0.477 e. The van der Waals surface area contributed by atoms with E-state index in [9.17, 15) is 29.8 Å². The van der Waals surface area contributed by atoms with E-state index in [0.717, 1.165) is 0 Å². The lowest BCUT2D eigenvalue weighted by Gasteiger charge is -2.10. The first-order valence-electron chi connectivity index (χ1n) is 9.75. The zero-order chi connectivity index (χ0) is 24.5. The monoisotopic (exact) mass is 466 g/mol. The van der Waals surface area contributed by atoms with E-state index in [1.54, 1.807) is 12.1 Å². The molecule has 2 N–H and O–H groups in total. The van der Waals surface area contributed by atoms with Gasteiger partial charge in [-0.2, -0.15) is 0 Å². The number of nitrogens with zero attached hydrogens (tertiary/aromatic N) is 2. The molecule has 0 aliphatic heterocycles. The quantitative estimate of drug-likeness (QED) is 0.338. The van der Waals surface area contributed by atoms with Gasteiger partial charge in [0.2, 0.25) is 0 Å². The van der Waals surface area contributed by atoms with E-state index in [4.69, 9.17) is 9.47 Å². The van der Waals surface area contributed by atoms with E-state index in [1.807, 2.05) is 0 Å². The van der Waals surface area contributed by atoms with Crippen LogP contribution in [0.15, 0.2) is 72.8 Å². The Morgan fingerprint density at radius 3 is 1.35 bits per heavy atom. The number of benzene rings is 3. The number of amides is 2. The summed E-state index contributed by atoms with van der Waals surface area (Å²) < 4.78 is 10.5. The molecule has 0 unspecified atom stereocenters. The Balaban J connectivity index is 1.48. The third-order valence-electron chi connectivity index (χ3n) is 4.29. The highest BCUT2D eigenvalue weighted by atomic mass is 16.6. The second-order valence-corrected chi connectivity index (χ2v) is 6.70. The molecule has 3 rings (SSSR count). The van der Waals surface area contributed by atoms with Crippen LogP contribution in [0.2, 0.25) is 0 Å². The average molecular weight is 466 g/mol. The van der Waals surface area contributed by atoms with Crippen LogP contribution in [0.3, 0.4) is 0 Å². The maximum absolute atomic E-state index is 12.1. The summed E-state index contributed by atoms with van der Waals surface area (Å²) in [5, 5.41) is 27.1. The summed E-state index contributed by atoms with van der Waals surface area (Å²) in [6.45, 7) is -0.876. The van der Waals surface area contributed by atoms with Crippen molar-refractivity contribution in [3.8, 4) is 11.5 Å². The molecular weight excluding hydrogens is 448 g/mol. The molecule has 0 atom stereocenters. The summed E-state index contributed by atoms with van der Waals surface area (Å²) in [6.07, 6.45) is 0. The molecule has 0 radical (unpaired) electrons. The molecule has 0 bridgehead atoms. The number of nitrogens with one attached hydrogen (secondary N) is 2. The van der Waals surface area contributed by atoms with Crippen LogP contribution in [0.4, 0.5) is 22.7 Å². The van der Waals surface area contributed by atoms with Gasteiger partial charge in [-0.25, -0.2) is 0 Å². The number of rotatable bonds is 10. The van der Waals surface area contributed by atoms with E-state index in [2.05, 4.69) is 10.6 Å². The summed E-state index contributed by atoms with van der Waals surface area (Å²) in [5.41, 5.74) is 0.318. The topological polar surface area (TPSA) is 163 Å². The molecule has 0 aliphatic carbocycles. The zero-order valence-corrected chi connectivity index (χ0v) is 17.5. The minimum atomic E-state index is -0.605. The number of carbonyl (C=O) groups is 2. The molecule has 3 aromatic rings. The molecule has 0 heterocycles. The fourth-order valence-electron chi connectivity index (χ4n) is 2.78. The normalized spacial score (nSPS) is 10.1. The van der Waals surface area contributed by atoms with Crippen LogP contribution >= 0.6 is 0 Å². The Morgan fingerprint density at radius 2 is 1.00 bits per heavy atom. The van der Waals surface area contributed by atoms with Gasteiger partial charge in [-0.1, -0.05) is 24.3 Å². The third-order valence-corrected chi connectivity index (χ3v) is 4.29. The molecule has 12 nitrogen and oxygen atoms in total. The first kappa shape index (κ1) is 23.7. The summed E-state index contributed by atoms with van der Waals surface area (Å²) in [7, 11) is 0. The van der Waals surface area contributed by atoms with Crippen molar-refractivity contribution in [3.63, 3.8) is 0 Å². The summed E-state index contributed by atoms with van der Waals surface area (Å²) in [6, 6.07) is 17.5. The Bertz CT molecular complexity index is 1120. The maximum Gasteiger partial charge on any atom is 0.310 e. The number of nitro groups is 2. The van der Waals surface area contributed by atoms with Crippen molar-refractivity contribution in [1.29, 1.82) is 0 Å². The SMILES string of the molecule is O=C(COc1ccccc1[N+](=O)[O-])Nc1ccc(NC(=O)COc2ccccc2[N+](=O)[O-])cc1. The van der Waals surface area contributed by atoms with Gasteiger partial charge >= 0.3 is 11.4 Å². The lowest BCUT2D eigenvalue weighted by atomic mass is 10.2. The van der Waals surface area contributed by atoms with Crippen LogP contribution in [-0.4, -0.2) is 34.9 Å². The Kier molecular flexibility index (Phi) is 7.68. The highest BCUT2D eigenvalue weighted by Crippen LogP contribution is 2.26. The zero-order valence-electron chi connectivity index (χ0n) is 17.5. The number of anilines is 2. The number of para-hydroxylation sites is 4. The van der Waals surface area contributed by atoms with Gasteiger partial charge in [-0.05, 0) is 36.4 Å². The molecule has 3 aromatic carbocycles. The van der Waals surface area contributed by atoms with E-state index in [1.165, 1.54) is 60.7 Å². The largest absolute Gasteiger partial charge is 0.477 e. The number of nitro benzene ring substituents is 2. The van der Waals surface area contributed by atoms with Gasteiger partial charge in [-0.3, -0.25) is 29.8 Å². The van der Waals surface area contributed by atoms with Crippen molar-refractivity contribution in [2.45, 2.75) is 0 Å². The van der Waals surface area contributed by atoms with Crippen LogP contribution in [0.5, 0.6) is 11.5 Å². The van der Waals surface area contributed by atoms with Crippen LogP contribution < -0.4 is 20.1 Å². The molecule has 174 valence electrons. The van der Waals surface area contributed by atoms with Crippen LogP contribution in [0.25, 0.3) is 0 Å².